The zero-order valence-electron chi connectivity index (χ0n) is 36.3. The maximum Gasteiger partial charge on any atom is 0.165 e. The molecule has 0 aliphatic heterocycles. The van der Waals surface area contributed by atoms with Crippen LogP contribution >= 0.6 is 11.3 Å². The van der Waals surface area contributed by atoms with E-state index in [0.717, 1.165) is 62.8 Å². The number of fused-ring (bicyclic) bond motifs is 13. The van der Waals surface area contributed by atoms with Gasteiger partial charge in [-0.25, -0.2) is 9.97 Å². The van der Waals surface area contributed by atoms with Gasteiger partial charge in [0.1, 0.15) is 5.69 Å². The molecule has 5 heteroatoms. The number of allylic oxidation sites excluding steroid dienone is 1. The highest BCUT2D eigenvalue weighted by atomic mass is 32.1. The molecule has 14 aromatic rings. The Morgan fingerprint density at radius 2 is 1.17 bits per heavy atom. The van der Waals surface area contributed by atoms with Crippen LogP contribution in [0.15, 0.2) is 164 Å². The average molecular weight is 859 g/mol. The van der Waals surface area contributed by atoms with Crippen molar-refractivity contribution in [3.05, 3.63) is 186 Å². The van der Waals surface area contributed by atoms with Crippen LogP contribution in [-0.4, -0.2) is 18.9 Å². The van der Waals surface area contributed by atoms with Crippen LogP contribution in [0.25, 0.3) is 136 Å². The fourth-order valence-electron chi connectivity index (χ4n) is 12.6. The van der Waals surface area contributed by atoms with Crippen molar-refractivity contribution < 1.29 is 0 Å². The number of rotatable bonds is 3. The van der Waals surface area contributed by atoms with Gasteiger partial charge in [0, 0.05) is 63.8 Å². The molecular formula is C61H38N4S. The lowest BCUT2D eigenvalue weighted by molar-refractivity contribution is 0.661. The molecule has 0 fully saturated rings. The quantitative estimate of drug-likeness (QED) is 0.166. The molecule has 0 atom stereocenters. The van der Waals surface area contributed by atoms with E-state index in [0.29, 0.717) is 0 Å². The van der Waals surface area contributed by atoms with Gasteiger partial charge in [-0.2, -0.15) is 0 Å². The van der Waals surface area contributed by atoms with Gasteiger partial charge in [-0.15, -0.1) is 11.3 Å². The van der Waals surface area contributed by atoms with Gasteiger partial charge in [-0.3, -0.25) is 4.57 Å². The Bertz CT molecular complexity index is 4480. The summed E-state index contributed by atoms with van der Waals surface area (Å²) >= 11 is 1.91. The molecule has 4 nitrogen and oxygen atoms in total. The van der Waals surface area contributed by atoms with E-state index >= 15 is 0 Å². The summed E-state index contributed by atoms with van der Waals surface area (Å²) in [6, 6.07) is 58.7. The average Bonchev–Trinajstić information content (AvgIpc) is 4.06. The van der Waals surface area contributed by atoms with E-state index in [-0.39, 0.29) is 5.41 Å². The van der Waals surface area contributed by atoms with Crippen LogP contribution in [0.5, 0.6) is 0 Å². The number of aromatic nitrogens is 4. The van der Waals surface area contributed by atoms with E-state index in [1.165, 1.54) is 103 Å². The predicted octanol–water partition coefficient (Wildman–Crippen LogP) is 16.3. The maximum atomic E-state index is 5.95. The van der Waals surface area contributed by atoms with Crippen molar-refractivity contribution >= 4 is 108 Å². The van der Waals surface area contributed by atoms with E-state index in [2.05, 4.69) is 193 Å². The first kappa shape index (κ1) is 35.5. The lowest BCUT2D eigenvalue weighted by Crippen LogP contribution is -2.15. The van der Waals surface area contributed by atoms with Gasteiger partial charge in [-0.1, -0.05) is 135 Å². The Hall–Kier alpha value is -7.86. The lowest BCUT2D eigenvalue weighted by Gasteiger charge is -2.23. The van der Waals surface area contributed by atoms with Crippen LogP contribution in [0.3, 0.4) is 0 Å². The Morgan fingerprint density at radius 3 is 1.95 bits per heavy atom. The molecule has 66 heavy (non-hydrogen) atoms. The van der Waals surface area contributed by atoms with Gasteiger partial charge in [0.25, 0.3) is 0 Å². The Morgan fingerprint density at radius 1 is 0.515 bits per heavy atom. The molecule has 0 spiro atoms. The molecule has 0 N–H and O–H groups in total. The SMILES string of the molecule is CC1(C)c2cc(-c3ccccc3)ccc2-c2ccc(-c3nc4c5ccccc5c5ccccc5c4nc3-n3c4ccc5sc6ccc7c8c(n9c%10cccc3c%10c4c5c6c79)C=CCC8)cc21. The summed E-state index contributed by atoms with van der Waals surface area (Å²) in [4.78, 5) is 11.8. The van der Waals surface area contributed by atoms with Gasteiger partial charge in [0.15, 0.2) is 5.82 Å². The smallest absolute Gasteiger partial charge is 0.165 e. The van der Waals surface area contributed by atoms with Crippen molar-refractivity contribution in [3.63, 3.8) is 0 Å². The van der Waals surface area contributed by atoms with Gasteiger partial charge in [0.2, 0.25) is 0 Å². The van der Waals surface area contributed by atoms with E-state index in [4.69, 9.17) is 9.97 Å². The predicted molar refractivity (Wildman–Crippen MR) is 278 cm³/mol. The largest absolute Gasteiger partial charge is 0.308 e. The second kappa shape index (κ2) is 12.3. The summed E-state index contributed by atoms with van der Waals surface area (Å²) < 4.78 is 7.71. The van der Waals surface area contributed by atoms with E-state index < -0.39 is 0 Å². The first-order chi connectivity index (χ1) is 32.5. The molecule has 16 rings (SSSR count). The first-order valence-corrected chi connectivity index (χ1v) is 24.0. The Labute approximate surface area is 383 Å². The molecule has 0 amide bonds. The lowest BCUT2D eigenvalue weighted by atomic mass is 9.81. The third-order valence-corrected chi connectivity index (χ3v) is 16.6. The van der Waals surface area contributed by atoms with Crippen LogP contribution in [0.2, 0.25) is 0 Å². The molecule has 0 unspecified atom stereocenters. The number of nitrogens with zero attached hydrogens (tertiary/aromatic N) is 4. The van der Waals surface area contributed by atoms with E-state index in [1.54, 1.807) is 0 Å². The fraction of sp³-hybridized carbons (Fsp3) is 0.0820. The number of hydrogen-bond acceptors (Lipinski definition) is 3. The third kappa shape index (κ3) is 4.30. The molecule has 5 aromatic heterocycles. The third-order valence-electron chi connectivity index (χ3n) is 15.5. The van der Waals surface area contributed by atoms with Gasteiger partial charge in [-0.05, 0) is 111 Å². The summed E-state index contributed by atoms with van der Waals surface area (Å²) in [6.07, 6.45) is 6.85. The Kier molecular flexibility index (Phi) is 6.60. The van der Waals surface area contributed by atoms with Gasteiger partial charge >= 0.3 is 0 Å². The minimum Gasteiger partial charge on any atom is -0.308 e. The van der Waals surface area contributed by atoms with Gasteiger partial charge < -0.3 is 4.40 Å². The van der Waals surface area contributed by atoms with Gasteiger partial charge in [0.05, 0.1) is 33.1 Å². The minimum atomic E-state index is -0.240. The molecule has 0 radical (unpaired) electrons. The monoisotopic (exact) mass is 858 g/mol. The summed E-state index contributed by atoms with van der Waals surface area (Å²) in [5.41, 5.74) is 18.9. The van der Waals surface area contributed by atoms with Crippen LogP contribution in [0.4, 0.5) is 0 Å². The summed E-state index contributed by atoms with van der Waals surface area (Å²) in [5, 5.41) is 11.3. The van der Waals surface area contributed by atoms with Crippen LogP contribution in [-0.2, 0) is 11.8 Å². The van der Waals surface area contributed by atoms with Crippen LogP contribution in [0, 0.1) is 0 Å². The summed E-state index contributed by atoms with van der Waals surface area (Å²) in [5.74, 6) is 0.846. The highest BCUT2D eigenvalue weighted by Crippen LogP contribution is 2.53. The molecule has 0 saturated carbocycles. The Balaban J connectivity index is 1.04. The number of hydrogen-bond donors (Lipinski definition) is 0. The van der Waals surface area contributed by atoms with Crippen LogP contribution in [0.1, 0.15) is 42.7 Å². The first-order valence-electron chi connectivity index (χ1n) is 23.1. The molecule has 9 aromatic carbocycles. The van der Waals surface area contributed by atoms with Crippen molar-refractivity contribution in [2.24, 2.45) is 0 Å². The summed E-state index contributed by atoms with van der Waals surface area (Å²) in [6.45, 7) is 4.76. The molecule has 5 heterocycles. The normalized spacial score (nSPS) is 14.5. The molecule has 2 aliphatic rings. The van der Waals surface area contributed by atoms with E-state index in [9.17, 15) is 0 Å². The van der Waals surface area contributed by atoms with Crippen molar-refractivity contribution in [3.8, 4) is 39.3 Å². The topological polar surface area (TPSA) is 35.1 Å². The van der Waals surface area contributed by atoms with Crippen molar-refractivity contribution in [2.45, 2.75) is 32.1 Å². The molecule has 308 valence electrons. The number of aryl methyl sites for hydroxylation is 1. The molecule has 0 saturated heterocycles. The van der Waals surface area contributed by atoms with Crippen LogP contribution < -0.4 is 0 Å². The highest BCUT2D eigenvalue weighted by molar-refractivity contribution is 7.26. The summed E-state index contributed by atoms with van der Waals surface area (Å²) in [7, 11) is 0. The number of thiophene rings is 1. The van der Waals surface area contributed by atoms with E-state index in [1.807, 2.05) is 11.3 Å². The standard InChI is InChI=1S/C61H38N4S/c1-61(2)44-31-34(33-13-4-3-5-14-33)23-25-38(44)39-26-24-35(32-45(39)61)56-60(63-58-42-19-9-7-16-37(42)36-15-6-8-18-41(36)57(58)62-56)65-48-22-12-21-47-52(48)53-49(65)28-30-50-54(53)55-51(66-50)29-27-43-40-17-10-11-20-46(40)64(47)59(43)55/h3-9,11-16,18-32H,10,17H2,1-2H3. The molecule has 2 aliphatic carbocycles. The zero-order valence-corrected chi connectivity index (χ0v) is 37.1. The molecular weight excluding hydrogens is 821 g/mol. The molecule has 0 bridgehead atoms. The van der Waals surface area contributed by atoms with Crippen molar-refractivity contribution in [2.75, 3.05) is 0 Å². The van der Waals surface area contributed by atoms with Crippen molar-refractivity contribution in [1.82, 2.24) is 18.9 Å². The number of benzene rings is 9. The minimum absolute atomic E-state index is 0.240. The fourth-order valence-corrected chi connectivity index (χ4v) is 13.7. The maximum absolute atomic E-state index is 5.95. The second-order valence-corrected chi connectivity index (χ2v) is 20.2. The highest BCUT2D eigenvalue weighted by Gasteiger charge is 2.37. The second-order valence-electron chi connectivity index (χ2n) is 19.1. The zero-order chi connectivity index (χ0) is 43.2. The van der Waals surface area contributed by atoms with Crippen molar-refractivity contribution in [1.29, 1.82) is 0 Å².